The SMILES string of the molecule is CCC(CC)C(CN)N(C)Cc1cccc(OC)c1. The first-order valence-electron chi connectivity index (χ1n) is 7.19. The molecule has 0 saturated carbocycles. The van der Waals surface area contributed by atoms with Crippen LogP contribution in [0.15, 0.2) is 24.3 Å². The van der Waals surface area contributed by atoms with Gasteiger partial charge < -0.3 is 10.5 Å². The second-order valence-corrected chi connectivity index (χ2v) is 5.15. The zero-order valence-corrected chi connectivity index (χ0v) is 12.7. The number of hydrogen-bond donors (Lipinski definition) is 1. The van der Waals surface area contributed by atoms with Crippen molar-refractivity contribution in [3.8, 4) is 5.75 Å². The molecule has 3 heteroatoms. The first-order valence-corrected chi connectivity index (χ1v) is 7.19. The third kappa shape index (κ3) is 4.51. The van der Waals surface area contributed by atoms with E-state index < -0.39 is 0 Å². The van der Waals surface area contributed by atoms with Crippen LogP contribution in [0.4, 0.5) is 0 Å². The Balaban J connectivity index is 2.72. The molecule has 0 aromatic heterocycles. The minimum Gasteiger partial charge on any atom is -0.497 e. The van der Waals surface area contributed by atoms with Gasteiger partial charge in [0.15, 0.2) is 0 Å². The van der Waals surface area contributed by atoms with Crippen LogP contribution < -0.4 is 10.5 Å². The predicted octanol–water partition coefficient (Wildman–Crippen LogP) is 2.89. The van der Waals surface area contributed by atoms with Crippen LogP contribution in [0, 0.1) is 5.92 Å². The van der Waals surface area contributed by atoms with Gasteiger partial charge in [0, 0.05) is 19.1 Å². The number of nitrogens with two attached hydrogens (primary N) is 1. The summed E-state index contributed by atoms with van der Waals surface area (Å²) in [6.45, 7) is 6.12. The molecule has 0 bridgehead atoms. The molecule has 0 aliphatic rings. The highest BCUT2D eigenvalue weighted by atomic mass is 16.5. The van der Waals surface area contributed by atoms with Gasteiger partial charge in [-0.25, -0.2) is 0 Å². The molecule has 1 unspecified atom stereocenters. The van der Waals surface area contributed by atoms with Crippen LogP contribution in [0.2, 0.25) is 0 Å². The number of hydrogen-bond acceptors (Lipinski definition) is 3. The number of ether oxygens (including phenoxy) is 1. The van der Waals surface area contributed by atoms with Crippen LogP contribution in [-0.4, -0.2) is 31.6 Å². The maximum absolute atomic E-state index is 5.97. The molecule has 1 rings (SSSR count). The van der Waals surface area contributed by atoms with Crippen LogP contribution in [0.25, 0.3) is 0 Å². The Hall–Kier alpha value is -1.06. The van der Waals surface area contributed by atoms with E-state index in [-0.39, 0.29) is 0 Å². The number of rotatable bonds is 8. The molecule has 3 nitrogen and oxygen atoms in total. The first-order chi connectivity index (χ1) is 9.15. The van der Waals surface area contributed by atoms with Gasteiger partial charge in [-0.2, -0.15) is 0 Å². The average molecular weight is 264 g/mol. The van der Waals surface area contributed by atoms with Crippen molar-refractivity contribution in [2.45, 2.75) is 39.3 Å². The molecule has 0 radical (unpaired) electrons. The molecule has 1 aromatic carbocycles. The van der Waals surface area contributed by atoms with E-state index in [1.165, 1.54) is 18.4 Å². The summed E-state index contributed by atoms with van der Waals surface area (Å²) in [4.78, 5) is 2.37. The van der Waals surface area contributed by atoms with E-state index in [0.717, 1.165) is 12.3 Å². The van der Waals surface area contributed by atoms with Crippen molar-refractivity contribution in [2.75, 3.05) is 20.7 Å². The predicted molar refractivity (Wildman–Crippen MR) is 81.4 cm³/mol. The summed E-state index contributed by atoms with van der Waals surface area (Å²) in [5, 5.41) is 0. The lowest BCUT2D eigenvalue weighted by molar-refractivity contribution is 0.165. The molecule has 2 N–H and O–H groups in total. The number of methoxy groups -OCH3 is 1. The number of nitrogens with zero attached hydrogens (tertiary/aromatic N) is 1. The Morgan fingerprint density at radius 1 is 1.26 bits per heavy atom. The molecule has 0 saturated heterocycles. The van der Waals surface area contributed by atoms with E-state index in [1.807, 2.05) is 12.1 Å². The Bertz CT molecular complexity index is 364. The molecule has 0 aliphatic heterocycles. The molecule has 1 aromatic rings. The summed E-state index contributed by atoms with van der Waals surface area (Å²) in [7, 11) is 3.87. The molecule has 0 amide bonds. The third-order valence-corrected chi connectivity index (χ3v) is 3.97. The summed E-state index contributed by atoms with van der Waals surface area (Å²) >= 11 is 0. The molecular weight excluding hydrogens is 236 g/mol. The van der Waals surface area contributed by atoms with Gasteiger partial charge in [-0.1, -0.05) is 38.8 Å². The van der Waals surface area contributed by atoms with Gasteiger partial charge >= 0.3 is 0 Å². The van der Waals surface area contributed by atoms with Crippen LogP contribution in [0.3, 0.4) is 0 Å². The fraction of sp³-hybridized carbons (Fsp3) is 0.625. The van der Waals surface area contributed by atoms with E-state index in [4.69, 9.17) is 10.5 Å². The molecule has 19 heavy (non-hydrogen) atoms. The van der Waals surface area contributed by atoms with Crippen molar-refractivity contribution in [1.29, 1.82) is 0 Å². The minimum absolute atomic E-state index is 0.446. The topological polar surface area (TPSA) is 38.5 Å². The molecule has 0 fully saturated rings. The highest BCUT2D eigenvalue weighted by molar-refractivity contribution is 5.28. The second kappa shape index (κ2) is 8.18. The molecule has 0 aliphatic carbocycles. The Kier molecular flexibility index (Phi) is 6.89. The average Bonchev–Trinajstić information content (AvgIpc) is 2.44. The summed E-state index contributed by atoms with van der Waals surface area (Å²) < 4.78 is 5.27. The van der Waals surface area contributed by atoms with Gasteiger partial charge in [0.2, 0.25) is 0 Å². The van der Waals surface area contributed by atoms with Crippen LogP contribution in [0.5, 0.6) is 5.75 Å². The van der Waals surface area contributed by atoms with Crippen molar-refractivity contribution in [1.82, 2.24) is 4.90 Å². The third-order valence-electron chi connectivity index (χ3n) is 3.97. The number of benzene rings is 1. The summed E-state index contributed by atoms with van der Waals surface area (Å²) in [6, 6.07) is 8.69. The smallest absolute Gasteiger partial charge is 0.119 e. The summed E-state index contributed by atoms with van der Waals surface area (Å²) in [5.41, 5.74) is 7.24. The largest absolute Gasteiger partial charge is 0.497 e. The van der Waals surface area contributed by atoms with Gasteiger partial charge in [0.25, 0.3) is 0 Å². The lowest BCUT2D eigenvalue weighted by Gasteiger charge is -2.33. The van der Waals surface area contributed by atoms with Crippen molar-refractivity contribution < 1.29 is 4.74 Å². The zero-order chi connectivity index (χ0) is 14.3. The fourth-order valence-corrected chi connectivity index (χ4v) is 2.74. The van der Waals surface area contributed by atoms with E-state index in [9.17, 15) is 0 Å². The van der Waals surface area contributed by atoms with Crippen LogP contribution in [0.1, 0.15) is 32.3 Å². The highest BCUT2D eigenvalue weighted by Gasteiger charge is 2.21. The zero-order valence-electron chi connectivity index (χ0n) is 12.7. The number of likely N-dealkylation sites (N-methyl/N-ethyl adjacent to an activating group) is 1. The van der Waals surface area contributed by atoms with Gasteiger partial charge in [-0.05, 0) is 30.7 Å². The normalized spacial score (nSPS) is 13.0. The first kappa shape index (κ1) is 16.0. The Morgan fingerprint density at radius 3 is 2.47 bits per heavy atom. The summed E-state index contributed by atoms with van der Waals surface area (Å²) in [5.74, 6) is 1.58. The van der Waals surface area contributed by atoms with Gasteiger partial charge in [-0.15, -0.1) is 0 Å². The lowest BCUT2D eigenvalue weighted by atomic mass is 9.93. The quantitative estimate of drug-likeness (QED) is 0.784. The van der Waals surface area contributed by atoms with Crippen molar-refractivity contribution in [3.63, 3.8) is 0 Å². The Labute approximate surface area is 117 Å². The standard InChI is InChI=1S/C16H28N2O/c1-5-14(6-2)16(11-17)18(3)12-13-8-7-9-15(10-13)19-4/h7-10,14,16H,5-6,11-12,17H2,1-4H3. The summed E-state index contributed by atoms with van der Waals surface area (Å²) in [6.07, 6.45) is 2.36. The highest BCUT2D eigenvalue weighted by Crippen LogP contribution is 2.20. The van der Waals surface area contributed by atoms with Crippen LogP contribution in [-0.2, 0) is 6.54 Å². The van der Waals surface area contributed by atoms with Gasteiger partial charge in [-0.3, -0.25) is 4.90 Å². The van der Waals surface area contributed by atoms with E-state index >= 15 is 0 Å². The van der Waals surface area contributed by atoms with Crippen molar-refractivity contribution in [2.24, 2.45) is 11.7 Å². The van der Waals surface area contributed by atoms with Gasteiger partial charge in [0.05, 0.1) is 7.11 Å². The van der Waals surface area contributed by atoms with E-state index in [2.05, 4.69) is 37.9 Å². The Morgan fingerprint density at radius 2 is 1.95 bits per heavy atom. The molecule has 0 heterocycles. The molecule has 0 spiro atoms. The maximum atomic E-state index is 5.97. The molecule has 1 atom stereocenters. The maximum Gasteiger partial charge on any atom is 0.119 e. The minimum atomic E-state index is 0.446. The van der Waals surface area contributed by atoms with E-state index in [0.29, 0.717) is 18.5 Å². The van der Waals surface area contributed by atoms with Crippen molar-refractivity contribution in [3.05, 3.63) is 29.8 Å². The van der Waals surface area contributed by atoms with Crippen LogP contribution >= 0.6 is 0 Å². The van der Waals surface area contributed by atoms with Gasteiger partial charge in [0.1, 0.15) is 5.75 Å². The lowest BCUT2D eigenvalue weighted by Crippen LogP contribution is -2.42. The van der Waals surface area contributed by atoms with Crippen molar-refractivity contribution >= 4 is 0 Å². The van der Waals surface area contributed by atoms with E-state index in [1.54, 1.807) is 7.11 Å². The fourth-order valence-electron chi connectivity index (χ4n) is 2.74. The monoisotopic (exact) mass is 264 g/mol. The molecular formula is C16H28N2O. The molecule has 108 valence electrons. The second-order valence-electron chi connectivity index (χ2n) is 5.15.